The predicted molar refractivity (Wildman–Crippen MR) is 65.6 cm³/mol. The van der Waals surface area contributed by atoms with Gasteiger partial charge in [-0.2, -0.15) is 0 Å². The standard InChI is InChI=1S/C12H16ClNO2/c1-3-8(2)7-16-12(15)9-4-5-11(14)10(13)6-9/h4-6,8H,3,7,14H2,1-2H3. The van der Waals surface area contributed by atoms with Gasteiger partial charge in [0.1, 0.15) is 0 Å². The van der Waals surface area contributed by atoms with E-state index in [-0.39, 0.29) is 5.97 Å². The Morgan fingerprint density at radius 1 is 1.56 bits per heavy atom. The van der Waals surface area contributed by atoms with Crippen LogP contribution in [0.5, 0.6) is 0 Å². The van der Waals surface area contributed by atoms with Gasteiger partial charge in [0.15, 0.2) is 0 Å². The molecule has 16 heavy (non-hydrogen) atoms. The van der Waals surface area contributed by atoms with E-state index in [0.29, 0.717) is 28.8 Å². The van der Waals surface area contributed by atoms with Crippen LogP contribution < -0.4 is 5.73 Å². The first-order chi connectivity index (χ1) is 7.54. The second kappa shape index (κ2) is 5.75. The summed E-state index contributed by atoms with van der Waals surface area (Å²) >= 11 is 5.82. The second-order valence-electron chi connectivity index (χ2n) is 3.85. The second-order valence-corrected chi connectivity index (χ2v) is 4.26. The lowest BCUT2D eigenvalue weighted by Crippen LogP contribution is -2.11. The molecule has 2 N–H and O–H groups in total. The molecule has 1 aromatic rings. The van der Waals surface area contributed by atoms with Crippen LogP contribution in [0.2, 0.25) is 5.02 Å². The number of nitrogens with two attached hydrogens (primary N) is 1. The summed E-state index contributed by atoms with van der Waals surface area (Å²) in [6.07, 6.45) is 0.982. The molecule has 1 aromatic carbocycles. The Hall–Kier alpha value is -1.22. The molecule has 0 saturated carbocycles. The Morgan fingerprint density at radius 2 is 2.25 bits per heavy atom. The molecule has 3 nitrogen and oxygen atoms in total. The van der Waals surface area contributed by atoms with E-state index in [1.807, 2.05) is 6.92 Å². The number of esters is 1. The first kappa shape index (κ1) is 12.8. The minimum absolute atomic E-state index is 0.359. The number of anilines is 1. The Balaban J connectivity index is 2.63. The topological polar surface area (TPSA) is 52.3 Å². The zero-order valence-corrected chi connectivity index (χ0v) is 10.3. The normalized spacial score (nSPS) is 12.2. The summed E-state index contributed by atoms with van der Waals surface area (Å²) < 4.78 is 5.14. The third kappa shape index (κ3) is 3.42. The smallest absolute Gasteiger partial charge is 0.338 e. The van der Waals surface area contributed by atoms with Crippen molar-refractivity contribution in [2.75, 3.05) is 12.3 Å². The highest BCUT2D eigenvalue weighted by molar-refractivity contribution is 6.33. The van der Waals surface area contributed by atoms with Gasteiger partial charge in [0, 0.05) is 0 Å². The van der Waals surface area contributed by atoms with E-state index in [4.69, 9.17) is 22.1 Å². The zero-order chi connectivity index (χ0) is 12.1. The number of ether oxygens (including phenoxy) is 1. The third-order valence-corrected chi connectivity index (χ3v) is 2.76. The molecule has 0 saturated heterocycles. The SMILES string of the molecule is CCC(C)COC(=O)c1ccc(N)c(Cl)c1. The number of carbonyl (C=O) groups is 1. The molecule has 0 aromatic heterocycles. The van der Waals surface area contributed by atoms with Crippen LogP contribution in [0.15, 0.2) is 18.2 Å². The van der Waals surface area contributed by atoms with Crippen molar-refractivity contribution < 1.29 is 9.53 Å². The van der Waals surface area contributed by atoms with Crippen LogP contribution in [-0.4, -0.2) is 12.6 Å². The molecular formula is C12H16ClNO2. The summed E-state index contributed by atoms with van der Waals surface area (Å²) in [5.41, 5.74) is 6.44. The van der Waals surface area contributed by atoms with Crippen molar-refractivity contribution in [2.45, 2.75) is 20.3 Å². The predicted octanol–water partition coefficient (Wildman–Crippen LogP) is 3.13. The minimum atomic E-state index is -0.359. The number of hydrogen-bond acceptors (Lipinski definition) is 3. The first-order valence-electron chi connectivity index (χ1n) is 5.26. The molecule has 0 aliphatic heterocycles. The largest absolute Gasteiger partial charge is 0.462 e. The van der Waals surface area contributed by atoms with Crippen molar-refractivity contribution in [3.63, 3.8) is 0 Å². The van der Waals surface area contributed by atoms with Crippen LogP contribution in [0.3, 0.4) is 0 Å². The van der Waals surface area contributed by atoms with Gasteiger partial charge in [0.05, 0.1) is 22.9 Å². The van der Waals surface area contributed by atoms with Crippen LogP contribution in [-0.2, 0) is 4.74 Å². The van der Waals surface area contributed by atoms with Gasteiger partial charge in [-0.25, -0.2) is 4.79 Å². The van der Waals surface area contributed by atoms with E-state index in [1.165, 1.54) is 6.07 Å². The van der Waals surface area contributed by atoms with Gasteiger partial charge in [-0.05, 0) is 24.1 Å². The number of halogens is 1. The van der Waals surface area contributed by atoms with Crippen LogP contribution in [0.4, 0.5) is 5.69 Å². The Morgan fingerprint density at radius 3 is 2.81 bits per heavy atom. The van der Waals surface area contributed by atoms with Gasteiger partial charge in [0.2, 0.25) is 0 Å². The molecule has 1 unspecified atom stereocenters. The number of carbonyl (C=O) groups excluding carboxylic acids is 1. The Bertz CT molecular complexity index is 379. The maximum atomic E-state index is 11.6. The monoisotopic (exact) mass is 241 g/mol. The molecule has 0 aliphatic rings. The van der Waals surface area contributed by atoms with E-state index >= 15 is 0 Å². The fourth-order valence-electron chi connectivity index (χ4n) is 1.07. The van der Waals surface area contributed by atoms with E-state index in [9.17, 15) is 4.79 Å². The molecule has 88 valence electrons. The molecule has 0 fully saturated rings. The fraction of sp³-hybridized carbons (Fsp3) is 0.417. The molecule has 0 amide bonds. The lowest BCUT2D eigenvalue weighted by molar-refractivity contribution is 0.0447. The average molecular weight is 242 g/mol. The van der Waals surface area contributed by atoms with E-state index < -0.39 is 0 Å². The van der Waals surface area contributed by atoms with Gasteiger partial charge in [-0.1, -0.05) is 31.9 Å². The molecule has 0 bridgehead atoms. The first-order valence-corrected chi connectivity index (χ1v) is 5.64. The minimum Gasteiger partial charge on any atom is -0.462 e. The third-order valence-electron chi connectivity index (χ3n) is 2.43. The summed E-state index contributed by atoms with van der Waals surface area (Å²) in [6, 6.07) is 4.73. The van der Waals surface area contributed by atoms with Gasteiger partial charge < -0.3 is 10.5 Å². The van der Waals surface area contributed by atoms with Crippen LogP contribution in [0, 0.1) is 5.92 Å². The van der Waals surface area contributed by atoms with Crippen molar-refractivity contribution in [2.24, 2.45) is 5.92 Å². The van der Waals surface area contributed by atoms with Crippen LogP contribution in [0.25, 0.3) is 0 Å². The fourth-order valence-corrected chi connectivity index (χ4v) is 1.25. The van der Waals surface area contributed by atoms with E-state index in [2.05, 4.69) is 6.92 Å². The van der Waals surface area contributed by atoms with E-state index in [1.54, 1.807) is 12.1 Å². The van der Waals surface area contributed by atoms with Gasteiger partial charge in [-0.3, -0.25) is 0 Å². The van der Waals surface area contributed by atoms with Crippen molar-refractivity contribution in [3.8, 4) is 0 Å². The lowest BCUT2D eigenvalue weighted by Gasteiger charge is -2.09. The lowest BCUT2D eigenvalue weighted by atomic mass is 10.1. The zero-order valence-electron chi connectivity index (χ0n) is 9.50. The Labute approximate surface area is 101 Å². The summed E-state index contributed by atoms with van der Waals surface area (Å²) in [6.45, 7) is 4.51. The highest BCUT2D eigenvalue weighted by Crippen LogP contribution is 2.20. The average Bonchev–Trinajstić information content (AvgIpc) is 2.29. The molecule has 4 heteroatoms. The number of nitrogen functional groups attached to an aromatic ring is 1. The van der Waals surface area contributed by atoms with Crippen molar-refractivity contribution in [1.82, 2.24) is 0 Å². The van der Waals surface area contributed by atoms with Crippen molar-refractivity contribution in [1.29, 1.82) is 0 Å². The molecule has 1 rings (SSSR count). The van der Waals surface area contributed by atoms with Gasteiger partial charge >= 0.3 is 5.97 Å². The van der Waals surface area contributed by atoms with Crippen LogP contribution >= 0.6 is 11.6 Å². The van der Waals surface area contributed by atoms with Gasteiger partial charge in [-0.15, -0.1) is 0 Å². The summed E-state index contributed by atoms with van der Waals surface area (Å²) in [7, 11) is 0. The van der Waals surface area contributed by atoms with Gasteiger partial charge in [0.25, 0.3) is 0 Å². The van der Waals surface area contributed by atoms with Crippen molar-refractivity contribution >= 4 is 23.3 Å². The highest BCUT2D eigenvalue weighted by Gasteiger charge is 2.10. The molecular weight excluding hydrogens is 226 g/mol. The van der Waals surface area contributed by atoms with Crippen molar-refractivity contribution in [3.05, 3.63) is 28.8 Å². The summed E-state index contributed by atoms with van der Waals surface area (Å²) in [5, 5.41) is 0.373. The number of benzene rings is 1. The molecule has 0 radical (unpaired) electrons. The van der Waals surface area contributed by atoms with E-state index in [0.717, 1.165) is 6.42 Å². The number of hydrogen-bond donors (Lipinski definition) is 1. The maximum Gasteiger partial charge on any atom is 0.338 e. The Kier molecular flexibility index (Phi) is 4.62. The maximum absolute atomic E-state index is 11.6. The summed E-state index contributed by atoms with van der Waals surface area (Å²) in [5.74, 6) is 0.00963. The number of rotatable bonds is 4. The highest BCUT2D eigenvalue weighted by atomic mass is 35.5. The summed E-state index contributed by atoms with van der Waals surface area (Å²) in [4.78, 5) is 11.6. The molecule has 0 aliphatic carbocycles. The van der Waals surface area contributed by atoms with Crippen LogP contribution in [0.1, 0.15) is 30.6 Å². The molecule has 0 spiro atoms. The molecule has 0 heterocycles. The molecule has 1 atom stereocenters. The quantitative estimate of drug-likeness (QED) is 0.651.